The standard InChI is InChI=1S/C25H23F2N5O5/c1-11(2)18-21(19(12(3)4)29-10-28-18)31-24-13(23(33)22(25(31)34)32(35)36)9-15(27)20(30-24)17-14(26)7-6-8-16(17)37-5/h6-12,33H,1-5H3. The highest BCUT2D eigenvalue weighted by molar-refractivity contribution is 5.90. The summed E-state index contributed by atoms with van der Waals surface area (Å²) >= 11 is 0. The number of nitrogens with zero attached hydrogens (tertiary/aromatic N) is 5. The maximum absolute atomic E-state index is 15.4. The SMILES string of the molecule is COc1cccc(F)c1-c1nc2c(cc1F)c(O)c([N+](=O)[O-])c(=O)n2-c1c(C(C)C)ncnc1C(C)C. The van der Waals surface area contributed by atoms with Crippen LogP contribution in [0.4, 0.5) is 14.5 Å². The van der Waals surface area contributed by atoms with Gasteiger partial charge in [0.2, 0.25) is 5.75 Å². The number of nitro groups is 1. The molecule has 0 aliphatic carbocycles. The summed E-state index contributed by atoms with van der Waals surface area (Å²) in [6.45, 7) is 7.23. The number of hydrogen-bond acceptors (Lipinski definition) is 8. The average molecular weight is 511 g/mol. The zero-order chi connectivity index (χ0) is 27.2. The Morgan fingerprint density at radius 1 is 1.08 bits per heavy atom. The molecule has 0 aliphatic heterocycles. The molecule has 0 spiro atoms. The van der Waals surface area contributed by atoms with Crippen molar-refractivity contribution in [3.8, 4) is 28.4 Å². The number of aromatic nitrogens is 4. The molecule has 0 saturated heterocycles. The molecule has 192 valence electrons. The molecule has 0 amide bonds. The van der Waals surface area contributed by atoms with Crippen molar-refractivity contribution in [1.29, 1.82) is 0 Å². The van der Waals surface area contributed by atoms with Gasteiger partial charge in [-0.1, -0.05) is 33.8 Å². The van der Waals surface area contributed by atoms with Crippen molar-refractivity contribution in [3.05, 3.63) is 74.1 Å². The molecule has 1 aromatic carbocycles. The van der Waals surface area contributed by atoms with Crippen LogP contribution in [0.15, 0.2) is 35.4 Å². The Hall–Kier alpha value is -4.48. The third-order valence-electron chi connectivity index (χ3n) is 5.86. The highest BCUT2D eigenvalue weighted by Crippen LogP contribution is 2.39. The number of aromatic hydroxyl groups is 1. The Morgan fingerprint density at radius 2 is 1.70 bits per heavy atom. The Kier molecular flexibility index (Phi) is 6.59. The quantitative estimate of drug-likeness (QED) is 0.283. The first-order valence-corrected chi connectivity index (χ1v) is 11.3. The van der Waals surface area contributed by atoms with Crippen LogP contribution in [-0.2, 0) is 0 Å². The summed E-state index contributed by atoms with van der Waals surface area (Å²) in [7, 11) is 1.27. The smallest absolute Gasteiger partial charge is 0.376 e. The van der Waals surface area contributed by atoms with Crippen LogP contribution in [0.3, 0.4) is 0 Å². The van der Waals surface area contributed by atoms with Crippen LogP contribution >= 0.6 is 0 Å². The minimum atomic E-state index is -1.22. The maximum Gasteiger partial charge on any atom is 0.376 e. The topological polar surface area (TPSA) is 133 Å². The fraction of sp³-hybridized carbons (Fsp3) is 0.280. The molecule has 10 nitrogen and oxygen atoms in total. The number of halogens is 2. The molecule has 3 aromatic heterocycles. The number of hydrogen-bond donors (Lipinski definition) is 1. The van der Waals surface area contributed by atoms with Gasteiger partial charge in [0.15, 0.2) is 11.5 Å². The number of fused-ring (bicyclic) bond motifs is 1. The second-order valence-corrected chi connectivity index (χ2v) is 8.90. The highest BCUT2D eigenvalue weighted by Gasteiger charge is 2.32. The van der Waals surface area contributed by atoms with Gasteiger partial charge in [0.25, 0.3) is 0 Å². The predicted octanol–water partition coefficient (Wildman–Crippen LogP) is 4.99. The fourth-order valence-electron chi connectivity index (χ4n) is 4.19. The van der Waals surface area contributed by atoms with Gasteiger partial charge in [0, 0.05) is 0 Å². The van der Waals surface area contributed by atoms with Crippen LogP contribution in [0, 0.1) is 21.7 Å². The van der Waals surface area contributed by atoms with E-state index >= 15 is 4.39 Å². The van der Waals surface area contributed by atoms with E-state index in [2.05, 4.69) is 15.0 Å². The normalized spacial score (nSPS) is 11.5. The van der Waals surface area contributed by atoms with Crippen molar-refractivity contribution in [2.45, 2.75) is 39.5 Å². The van der Waals surface area contributed by atoms with Gasteiger partial charge in [-0.15, -0.1) is 0 Å². The molecular formula is C25H23F2N5O5. The highest BCUT2D eigenvalue weighted by atomic mass is 19.1. The molecule has 4 rings (SSSR count). The third kappa shape index (κ3) is 4.13. The first kappa shape index (κ1) is 25.6. The number of pyridine rings is 2. The molecule has 4 aromatic rings. The van der Waals surface area contributed by atoms with Crippen molar-refractivity contribution >= 4 is 16.7 Å². The van der Waals surface area contributed by atoms with E-state index in [4.69, 9.17) is 4.74 Å². The Balaban J connectivity index is 2.29. The van der Waals surface area contributed by atoms with Crippen molar-refractivity contribution < 1.29 is 23.5 Å². The van der Waals surface area contributed by atoms with Crippen LogP contribution in [0.2, 0.25) is 0 Å². The Bertz CT molecular complexity index is 1590. The van der Waals surface area contributed by atoms with E-state index in [1.807, 2.05) is 0 Å². The third-order valence-corrected chi connectivity index (χ3v) is 5.86. The molecule has 0 aliphatic rings. The summed E-state index contributed by atoms with van der Waals surface area (Å²) in [5.41, 5.74) is -2.70. The lowest BCUT2D eigenvalue weighted by atomic mass is 10.0. The number of methoxy groups -OCH3 is 1. The largest absolute Gasteiger partial charge is 0.501 e. The lowest BCUT2D eigenvalue weighted by Crippen LogP contribution is -2.26. The van der Waals surface area contributed by atoms with Crippen molar-refractivity contribution in [2.24, 2.45) is 0 Å². The number of benzene rings is 1. The number of ether oxygens (including phenoxy) is 1. The van der Waals surface area contributed by atoms with Crippen LogP contribution in [-0.4, -0.2) is 36.7 Å². The van der Waals surface area contributed by atoms with Crippen LogP contribution in [0.25, 0.3) is 28.0 Å². The van der Waals surface area contributed by atoms with Gasteiger partial charge in [0.1, 0.15) is 23.6 Å². The molecule has 0 fully saturated rings. The van der Waals surface area contributed by atoms with Gasteiger partial charge in [-0.25, -0.2) is 23.7 Å². The summed E-state index contributed by atoms with van der Waals surface area (Å²) < 4.78 is 36.4. The van der Waals surface area contributed by atoms with E-state index in [0.29, 0.717) is 11.4 Å². The predicted molar refractivity (Wildman–Crippen MR) is 131 cm³/mol. The molecule has 1 N–H and O–H groups in total. The average Bonchev–Trinajstić information content (AvgIpc) is 2.83. The van der Waals surface area contributed by atoms with E-state index in [1.165, 1.54) is 25.6 Å². The van der Waals surface area contributed by atoms with Crippen molar-refractivity contribution in [3.63, 3.8) is 0 Å². The molecule has 0 saturated carbocycles. The molecule has 3 heterocycles. The summed E-state index contributed by atoms with van der Waals surface area (Å²) in [5.74, 6) is -3.57. The molecule has 0 bridgehead atoms. The van der Waals surface area contributed by atoms with E-state index in [1.54, 1.807) is 27.7 Å². The van der Waals surface area contributed by atoms with E-state index in [0.717, 1.165) is 16.7 Å². The zero-order valence-corrected chi connectivity index (χ0v) is 20.6. The van der Waals surface area contributed by atoms with Gasteiger partial charge in [-0.05, 0) is 30.0 Å². The van der Waals surface area contributed by atoms with Gasteiger partial charge in [0.05, 0.1) is 40.1 Å². The summed E-state index contributed by atoms with van der Waals surface area (Å²) in [6.07, 6.45) is 1.32. The Labute approximate surface area is 209 Å². The van der Waals surface area contributed by atoms with Gasteiger partial charge < -0.3 is 9.84 Å². The van der Waals surface area contributed by atoms with E-state index < -0.39 is 44.6 Å². The summed E-state index contributed by atoms with van der Waals surface area (Å²) in [4.78, 5) is 37.2. The minimum Gasteiger partial charge on any atom is -0.501 e. The van der Waals surface area contributed by atoms with Gasteiger partial charge >= 0.3 is 11.2 Å². The Morgan fingerprint density at radius 3 is 2.24 bits per heavy atom. The minimum absolute atomic E-state index is 0.0282. The maximum atomic E-state index is 15.4. The molecule has 37 heavy (non-hydrogen) atoms. The molecular weight excluding hydrogens is 488 g/mol. The van der Waals surface area contributed by atoms with Crippen molar-refractivity contribution in [2.75, 3.05) is 7.11 Å². The van der Waals surface area contributed by atoms with Crippen LogP contribution < -0.4 is 10.3 Å². The summed E-state index contributed by atoms with van der Waals surface area (Å²) in [5, 5.41) is 22.1. The second-order valence-electron chi connectivity index (χ2n) is 8.90. The van der Waals surface area contributed by atoms with Gasteiger partial charge in [-0.2, -0.15) is 0 Å². The lowest BCUT2D eigenvalue weighted by molar-refractivity contribution is -0.387. The first-order chi connectivity index (χ1) is 17.5. The fourth-order valence-corrected chi connectivity index (χ4v) is 4.19. The molecule has 0 unspecified atom stereocenters. The molecule has 0 atom stereocenters. The molecule has 0 radical (unpaired) electrons. The van der Waals surface area contributed by atoms with Gasteiger partial charge in [-0.3, -0.25) is 19.5 Å². The first-order valence-electron chi connectivity index (χ1n) is 11.3. The van der Waals surface area contributed by atoms with E-state index in [-0.39, 0.29) is 34.5 Å². The monoisotopic (exact) mass is 511 g/mol. The lowest BCUT2D eigenvalue weighted by Gasteiger charge is -2.20. The van der Waals surface area contributed by atoms with Crippen LogP contribution in [0.1, 0.15) is 50.9 Å². The van der Waals surface area contributed by atoms with Crippen LogP contribution in [0.5, 0.6) is 11.5 Å². The zero-order valence-electron chi connectivity index (χ0n) is 20.6. The van der Waals surface area contributed by atoms with Crippen molar-refractivity contribution in [1.82, 2.24) is 19.5 Å². The number of rotatable bonds is 6. The van der Waals surface area contributed by atoms with E-state index in [9.17, 15) is 24.4 Å². The molecule has 12 heteroatoms. The summed E-state index contributed by atoms with van der Waals surface area (Å²) in [6, 6.07) is 4.63. The second kappa shape index (κ2) is 9.52.